The van der Waals surface area contributed by atoms with E-state index in [2.05, 4.69) is 276 Å². The number of furan rings is 1. The van der Waals surface area contributed by atoms with Gasteiger partial charge in [0.15, 0.2) is 0 Å². The second-order valence-electron chi connectivity index (χ2n) is 18.4. The van der Waals surface area contributed by atoms with Gasteiger partial charge in [-0.2, -0.15) is 0 Å². The van der Waals surface area contributed by atoms with Crippen LogP contribution in [0.25, 0.3) is 115 Å². The lowest BCUT2D eigenvalue weighted by molar-refractivity contribution is 0.670. The van der Waals surface area contributed by atoms with Crippen LogP contribution >= 0.6 is 0 Å². The van der Waals surface area contributed by atoms with Gasteiger partial charge in [-0.25, -0.2) is 0 Å². The average Bonchev–Trinajstić information content (AvgIpc) is 4.00. The van der Waals surface area contributed by atoms with Gasteiger partial charge >= 0.3 is 0 Å². The van der Waals surface area contributed by atoms with Gasteiger partial charge in [0, 0.05) is 38.8 Å². The normalized spacial score (nSPS) is 11.7. The predicted octanol–water partition coefficient (Wildman–Crippen LogP) is 19.1. The highest BCUT2D eigenvalue weighted by Gasteiger charge is 2.24. The van der Waals surface area contributed by atoms with Crippen LogP contribution in [0.15, 0.2) is 271 Å². The smallest absolute Gasteiger partial charge is 0.145 e. The van der Waals surface area contributed by atoms with Gasteiger partial charge in [-0.3, -0.25) is 0 Å². The summed E-state index contributed by atoms with van der Waals surface area (Å²) in [4.78, 5) is 2.42. The maximum atomic E-state index is 6.99. The Bertz CT molecular complexity index is 4340. The summed E-state index contributed by atoms with van der Waals surface area (Å²) in [6.45, 7) is 0. The molecule has 0 bridgehead atoms. The fraction of sp³-hybridized carbons (Fsp3) is 0. The molecule has 3 nitrogen and oxygen atoms in total. The first-order valence-electron chi connectivity index (χ1n) is 24.3. The Morgan fingerprint density at radius 3 is 1.69 bits per heavy atom. The molecule has 332 valence electrons. The number of nitrogens with zero attached hydrogens (tertiary/aromatic N) is 2. The average molecular weight is 905 g/mol. The minimum atomic E-state index is 0.855. The number of hydrogen-bond acceptors (Lipinski definition) is 2. The maximum Gasteiger partial charge on any atom is 0.145 e. The van der Waals surface area contributed by atoms with Crippen LogP contribution in [0.5, 0.6) is 0 Å². The summed E-state index contributed by atoms with van der Waals surface area (Å²) in [5, 5.41) is 9.47. The zero-order chi connectivity index (χ0) is 46.8. The molecule has 3 heteroatoms. The van der Waals surface area contributed by atoms with Crippen molar-refractivity contribution in [2.75, 3.05) is 4.90 Å². The SMILES string of the molecule is c1ccc(-n2c3ccccc3c3c(-c4cccc(N(c5ccc(-c6cccc(-c7cccc8ccccc78)c6)cc5)c5ccc(-c6cccc7ccccc67)c6oc7ccccc7c56)c4)cccc32)cc1. The van der Waals surface area contributed by atoms with Crippen molar-refractivity contribution in [3.63, 3.8) is 0 Å². The summed E-state index contributed by atoms with van der Waals surface area (Å²) >= 11 is 0. The molecule has 14 aromatic rings. The highest BCUT2D eigenvalue weighted by Crippen LogP contribution is 2.48. The van der Waals surface area contributed by atoms with Gasteiger partial charge in [-0.05, 0) is 133 Å². The molecule has 0 saturated carbocycles. The van der Waals surface area contributed by atoms with Crippen LogP contribution in [0.1, 0.15) is 0 Å². The van der Waals surface area contributed by atoms with E-state index in [9.17, 15) is 0 Å². The molecule has 12 aromatic carbocycles. The van der Waals surface area contributed by atoms with Crippen LogP contribution in [-0.2, 0) is 0 Å². The highest BCUT2D eigenvalue weighted by atomic mass is 16.3. The van der Waals surface area contributed by atoms with Gasteiger partial charge in [0.05, 0.1) is 22.1 Å². The molecular formula is C68H44N2O. The van der Waals surface area contributed by atoms with Gasteiger partial charge in [0.2, 0.25) is 0 Å². The van der Waals surface area contributed by atoms with Crippen LogP contribution in [0.3, 0.4) is 0 Å². The van der Waals surface area contributed by atoms with Crippen molar-refractivity contribution in [3.05, 3.63) is 267 Å². The molecule has 0 spiro atoms. The quantitative estimate of drug-likeness (QED) is 0.151. The first-order chi connectivity index (χ1) is 35.2. The number of fused-ring (bicyclic) bond motifs is 8. The van der Waals surface area contributed by atoms with Crippen molar-refractivity contribution >= 4 is 82.4 Å². The summed E-state index contributed by atoms with van der Waals surface area (Å²) in [5.41, 5.74) is 17.6. The van der Waals surface area contributed by atoms with Crippen LogP contribution < -0.4 is 4.90 Å². The van der Waals surface area contributed by atoms with Gasteiger partial charge in [-0.1, -0.05) is 194 Å². The minimum Gasteiger partial charge on any atom is -0.455 e. The lowest BCUT2D eigenvalue weighted by Gasteiger charge is -2.27. The monoisotopic (exact) mass is 904 g/mol. The zero-order valence-corrected chi connectivity index (χ0v) is 38.7. The largest absolute Gasteiger partial charge is 0.455 e. The third-order valence-corrected chi connectivity index (χ3v) is 14.4. The van der Waals surface area contributed by atoms with E-state index < -0.39 is 0 Å². The first kappa shape index (κ1) is 40.6. The summed E-state index contributed by atoms with van der Waals surface area (Å²) in [6, 6.07) is 96.6. The summed E-state index contributed by atoms with van der Waals surface area (Å²) < 4.78 is 9.38. The highest BCUT2D eigenvalue weighted by molar-refractivity contribution is 6.19. The Morgan fingerprint density at radius 2 is 0.887 bits per heavy atom. The topological polar surface area (TPSA) is 21.3 Å². The molecule has 71 heavy (non-hydrogen) atoms. The molecule has 0 aliphatic rings. The summed E-state index contributed by atoms with van der Waals surface area (Å²) in [5.74, 6) is 0. The van der Waals surface area contributed by atoms with E-state index in [4.69, 9.17) is 4.42 Å². The van der Waals surface area contributed by atoms with Crippen molar-refractivity contribution in [2.45, 2.75) is 0 Å². The molecule has 14 rings (SSSR count). The standard InChI is InChI=1S/C68H44N2O/c1-2-24-51(25-3-1)70-62-34-10-8-29-60(62)66-57(32-16-35-63(66)70)50-23-13-26-53(44-50)69(52-39-37-45(38-40-52)48-21-12-22-49(43-48)56-31-14-19-46-17-4-6-27-54(46)56)64-42-41-59(58-33-15-20-47-18-5-7-28-55(47)58)68-67(64)61-30-9-11-36-65(61)71-68/h1-44H. The lowest BCUT2D eigenvalue weighted by Crippen LogP contribution is -2.10. The molecule has 0 atom stereocenters. The second kappa shape index (κ2) is 16.7. The molecule has 2 aromatic heterocycles. The van der Waals surface area contributed by atoms with Crippen LogP contribution in [-0.4, -0.2) is 4.57 Å². The van der Waals surface area contributed by atoms with Crippen molar-refractivity contribution in [2.24, 2.45) is 0 Å². The van der Waals surface area contributed by atoms with Gasteiger partial charge in [0.1, 0.15) is 11.2 Å². The molecule has 0 saturated heterocycles. The Morgan fingerprint density at radius 1 is 0.310 bits per heavy atom. The number of para-hydroxylation sites is 3. The Labute approximate surface area is 411 Å². The van der Waals surface area contributed by atoms with E-state index >= 15 is 0 Å². The molecule has 0 unspecified atom stereocenters. The summed E-state index contributed by atoms with van der Waals surface area (Å²) in [6.07, 6.45) is 0. The van der Waals surface area contributed by atoms with Crippen LogP contribution in [0.4, 0.5) is 17.1 Å². The van der Waals surface area contributed by atoms with E-state index in [-0.39, 0.29) is 0 Å². The number of aromatic nitrogens is 1. The van der Waals surface area contributed by atoms with Crippen molar-refractivity contribution in [1.82, 2.24) is 4.57 Å². The molecule has 0 amide bonds. The van der Waals surface area contributed by atoms with Gasteiger partial charge < -0.3 is 13.9 Å². The fourth-order valence-corrected chi connectivity index (χ4v) is 11.2. The number of benzene rings is 12. The van der Waals surface area contributed by atoms with Crippen LogP contribution in [0, 0.1) is 0 Å². The second-order valence-corrected chi connectivity index (χ2v) is 18.4. The molecule has 0 aliphatic heterocycles. The molecule has 0 radical (unpaired) electrons. The van der Waals surface area contributed by atoms with Gasteiger partial charge in [-0.15, -0.1) is 0 Å². The van der Waals surface area contributed by atoms with Crippen molar-refractivity contribution < 1.29 is 4.42 Å². The van der Waals surface area contributed by atoms with Crippen molar-refractivity contribution in [1.29, 1.82) is 0 Å². The Balaban J connectivity index is 0.970. The maximum absolute atomic E-state index is 6.99. The summed E-state index contributed by atoms with van der Waals surface area (Å²) in [7, 11) is 0. The van der Waals surface area contributed by atoms with Crippen molar-refractivity contribution in [3.8, 4) is 50.2 Å². The first-order valence-corrected chi connectivity index (χ1v) is 24.3. The van der Waals surface area contributed by atoms with E-state index in [0.29, 0.717) is 0 Å². The molecular weight excluding hydrogens is 861 g/mol. The Kier molecular flexibility index (Phi) is 9.53. The molecule has 0 aliphatic carbocycles. The zero-order valence-electron chi connectivity index (χ0n) is 38.7. The fourth-order valence-electron chi connectivity index (χ4n) is 11.2. The van der Waals surface area contributed by atoms with Crippen LogP contribution in [0.2, 0.25) is 0 Å². The van der Waals surface area contributed by atoms with E-state index in [0.717, 1.165) is 66.9 Å². The number of hydrogen-bond donors (Lipinski definition) is 0. The lowest BCUT2D eigenvalue weighted by atomic mass is 9.94. The van der Waals surface area contributed by atoms with E-state index in [1.165, 1.54) is 65.6 Å². The number of rotatable bonds is 8. The molecule has 2 heterocycles. The van der Waals surface area contributed by atoms with Gasteiger partial charge in [0.25, 0.3) is 0 Å². The minimum absolute atomic E-state index is 0.855. The van der Waals surface area contributed by atoms with E-state index in [1.54, 1.807) is 0 Å². The number of anilines is 3. The predicted molar refractivity (Wildman–Crippen MR) is 299 cm³/mol. The molecule has 0 N–H and O–H groups in total. The third kappa shape index (κ3) is 6.74. The third-order valence-electron chi connectivity index (χ3n) is 14.4. The Hall–Kier alpha value is -9.44. The molecule has 0 fully saturated rings. The van der Waals surface area contributed by atoms with E-state index in [1.807, 2.05) is 0 Å².